The molecule has 18 heavy (non-hydrogen) atoms. The van der Waals surface area contributed by atoms with E-state index in [4.69, 9.17) is 9.47 Å². The van der Waals surface area contributed by atoms with Crippen LogP contribution in [0.5, 0.6) is 11.5 Å². The summed E-state index contributed by atoms with van der Waals surface area (Å²) in [7, 11) is 1.67. The average molecular weight is 309 g/mol. The average Bonchev–Trinajstić information content (AvgIpc) is 2.38. The molecule has 2 aromatic rings. The predicted octanol–water partition coefficient (Wildman–Crippen LogP) is 4.79. The van der Waals surface area contributed by atoms with Crippen LogP contribution in [0.2, 0.25) is 0 Å². The number of unbranched alkanes of at least 4 members (excludes halogenated alkanes) is 1. The van der Waals surface area contributed by atoms with E-state index in [1.807, 2.05) is 18.2 Å². The summed E-state index contributed by atoms with van der Waals surface area (Å²) >= 11 is 3.50. The standard InChI is InChI=1S/C15H17BrO2/c1-3-4-8-18-14-7-5-6-11-9-13(16)15(17-2)10-12(11)14/h5-7,9-10H,3-4,8H2,1-2H3. The van der Waals surface area contributed by atoms with Crippen LogP contribution >= 0.6 is 15.9 Å². The number of fused-ring (bicyclic) bond motifs is 1. The molecule has 0 unspecified atom stereocenters. The third-order valence-electron chi connectivity index (χ3n) is 2.87. The Kier molecular flexibility index (Phi) is 4.48. The lowest BCUT2D eigenvalue weighted by Gasteiger charge is -2.11. The van der Waals surface area contributed by atoms with Gasteiger partial charge in [0.05, 0.1) is 18.2 Å². The molecule has 0 N–H and O–H groups in total. The van der Waals surface area contributed by atoms with Gasteiger partial charge in [-0.3, -0.25) is 0 Å². The largest absolute Gasteiger partial charge is 0.496 e. The van der Waals surface area contributed by atoms with Crippen molar-refractivity contribution in [2.24, 2.45) is 0 Å². The predicted molar refractivity (Wildman–Crippen MR) is 78.6 cm³/mol. The van der Waals surface area contributed by atoms with Crippen molar-refractivity contribution in [1.82, 2.24) is 0 Å². The maximum Gasteiger partial charge on any atom is 0.133 e. The summed E-state index contributed by atoms with van der Waals surface area (Å²) in [6.07, 6.45) is 2.21. The number of ether oxygens (including phenoxy) is 2. The molecule has 96 valence electrons. The Bertz CT molecular complexity index is 537. The zero-order valence-corrected chi connectivity index (χ0v) is 12.3. The van der Waals surface area contributed by atoms with Gasteiger partial charge in [0.25, 0.3) is 0 Å². The van der Waals surface area contributed by atoms with Gasteiger partial charge in [0.2, 0.25) is 0 Å². The fraction of sp³-hybridized carbons (Fsp3) is 0.333. The second kappa shape index (κ2) is 6.10. The zero-order chi connectivity index (χ0) is 13.0. The van der Waals surface area contributed by atoms with Crippen LogP contribution in [-0.2, 0) is 0 Å². The van der Waals surface area contributed by atoms with Gasteiger partial charge in [-0.25, -0.2) is 0 Å². The molecule has 0 saturated heterocycles. The summed E-state index contributed by atoms with van der Waals surface area (Å²) in [4.78, 5) is 0. The molecule has 0 fully saturated rings. The molecule has 0 radical (unpaired) electrons. The Labute approximate surface area is 116 Å². The first-order chi connectivity index (χ1) is 8.76. The van der Waals surface area contributed by atoms with Crippen LogP contribution in [0.1, 0.15) is 19.8 Å². The minimum absolute atomic E-state index is 0.758. The van der Waals surface area contributed by atoms with E-state index in [2.05, 4.69) is 35.0 Å². The Hall–Kier alpha value is -1.22. The van der Waals surface area contributed by atoms with Gasteiger partial charge >= 0.3 is 0 Å². The van der Waals surface area contributed by atoms with E-state index in [-0.39, 0.29) is 0 Å². The smallest absolute Gasteiger partial charge is 0.133 e. The van der Waals surface area contributed by atoms with E-state index in [1.54, 1.807) is 7.11 Å². The van der Waals surface area contributed by atoms with Crippen LogP contribution in [0.3, 0.4) is 0 Å². The molecule has 0 heterocycles. The summed E-state index contributed by atoms with van der Waals surface area (Å²) < 4.78 is 12.1. The molecule has 0 aliphatic heterocycles. The van der Waals surface area contributed by atoms with E-state index in [1.165, 1.54) is 0 Å². The molecule has 3 heteroatoms. The highest BCUT2D eigenvalue weighted by Crippen LogP contribution is 2.34. The van der Waals surface area contributed by atoms with Gasteiger partial charge in [0.15, 0.2) is 0 Å². The summed E-state index contributed by atoms with van der Waals surface area (Å²) in [6.45, 7) is 2.92. The van der Waals surface area contributed by atoms with Crippen LogP contribution in [0, 0.1) is 0 Å². The second-order valence-corrected chi connectivity index (χ2v) is 5.02. The molecule has 0 saturated carbocycles. The molecule has 0 spiro atoms. The van der Waals surface area contributed by atoms with Gasteiger partial charge in [-0.15, -0.1) is 0 Å². The SMILES string of the molecule is CCCCOc1cccc2cc(Br)c(OC)cc12. The van der Waals surface area contributed by atoms with Crippen LogP contribution in [0.15, 0.2) is 34.8 Å². The molecule has 0 aromatic heterocycles. The summed E-state index contributed by atoms with van der Waals surface area (Å²) in [6, 6.07) is 10.2. The fourth-order valence-corrected chi connectivity index (χ4v) is 2.38. The number of methoxy groups -OCH3 is 1. The van der Waals surface area contributed by atoms with Crippen molar-refractivity contribution in [2.45, 2.75) is 19.8 Å². The van der Waals surface area contributed by atoms with Crippen molar-refractivity contribution < 1.29 is 9.47 Å². The van der Waals surface area contributed by atoms with Crippen molar-refractivity contribution in [1.29, 1.82) is 0 Å². The van der Waals surface area contributed by atoms with E-state index in [0.29, 0.717) is 0 Å². The first kappa shape index (κ1) is 13.2. The molecule has 0 atom stereocenters. The van der Waals surface area contributed by atoms with Crippen LogP contribution in [0.4, 0.5) is 0 Å². The van der Waals surface area contributed by atoms with Gasteiger partial charge in [-0.2, -0.15) is 0 Å². The highest BCUT2D eigenvalue weighted by atomic mass is 79.9. The maximum absolute atomic E-state index is 5.83. The number of benzene rings is 2. The number of rotatable bonds is 5. The third kappa shape index (κ3) is 2.78. The number of hydrogen-bond acceptors (Lipinski definition) is 2. The molecular formula is C15H17BrO2. The van der Waals surface area contributed by atoms with Gasteiger partial charge in [-0.05, 0) is 45.9 Å². The minimum Gasteiger partial charge on any atom is -0.496 e. The van der Waals surface area contributed by atoms with Crippen LogP contribution in [0.25, 0.3) is 10.8 Å². The zero-order valence-electron chi connectivity index (χ0n) is 10.7. The van der Waals surface area contributed by atoms with Crippen molar-refractivity contribution in [2.75, 3.05) is 13.7 Å². The van der Waals surface area contributed by atoms with Gasteiger partial charge < -0.3 is 9.47 Å². The highest BCUT2D eigenvalue weighted by Gasteiger charge is 2.07. The highest BCUT2D eigenvalue weighted by molar-refractivity contribution is 9.10. The molecule has 0 aliphatic carbocycles. The van der Waals surface area contributed by atoms with E-state index in [9.17, 15) is 0 Å². The quantitative estimate of drug-likeness (QED) is 0.739. The van der Waals surface area contributed by atoms with Gasteiger partial charge in [-0.1, -0.05) is 25.5 Å². The Morgan fingerprint density at radius 2 is 2.00 bits per heavy atom. The van der Waals surface area contributed by atoms with Crippen molar-refractivity contribution in [3.05, 3.63) is 34.8 Å². The first-order valence-electron chi connectivity index (χ1n) is 6.15. The van der Waals surface area contributed by atoms with Crippen LogP contribution in [-0.4, -0.2) is 13.7 Å². The van der Waals surface area contributed by atoms with E-state index < -0.39 is 0 Å². The van der Waals surface area contributed by atoms with E-state index >= 15 is 0 Å². The molecule has 0 bridgehead atoms. The molecule has 2 rings (SSSR count). The lowest BCUT2D eigenvalue weighted by atomic mass is 10.1. The van der Waals surface area contributed by atoms with Crippen LogP contribution < -0.4 is 9.47 Å². The fourth-order valence-electron chi connectivity index (χ4n) is 1.86. The molecule has 0 amide bonds. The van der Waals surface area contributed by atoms with Crippen molar-refractivity contribution in [3.63, 3.8) is 0 Å². The number of hydrogen-bond donors (Lipinski definition) is 0. The minimum atomic E-state index is 0.758. The molecule has 2 aromatic carbocycles. The Morgan fingerprint density at radius 1 is 1.17 bits per heavy atom. The summed E-state index contributed by atoms with van der Waals surface area (Å²) in [5.74, 6) is 1.75. The van der Waals surface area contributed by atoms with Gasteiger partial charge in [0, 0.05) is 5.39 Å². The maximum atomic E-state index is 5.83. The van der Waals surface area contributed by atoms with Gasteiger partial charge in [0.1, 0.15) is 11.5 Å². The Balaban J connectivity index is 2.40. The summed E-state index contributed by atoms with van der Waals surface area (Å²) in [5.41, 5.74) is 0. The second-order valence-electron chi connectivity index (χ2n) is 4.17. The molecular weight excluding hydrogens is 292 g/mol. The third-order valence-corrected chi connectivity index (χ3v) is 3.49. The normalized spacial score (nSPS) is 10.6. The van der Waals surface area contributed by atoms with Crippen molar-refractivity contribution >= 4 is 26.7 Å². The molecule has 0 aliphatic rings. The number of halogens is 1. The lowest BCUT2D eigenvalue weighted by Crippen LogP contribution is -1.97. The Morgan fingerprint density at radius 3 is 2.72 bits per heavy atom. The monoisotopic (exact) mass is 308 g/mol. The lowest BCUT2D eigenvalue weighted by molar-refractivity contribution is 0.313. The first-order valence-corrected chi connectivity index (χ1v) is 6.94. The van der Waals surface area contributed by atoms with E-state index in [0.717, 1.165) is 46.2 Å². The van der Waals surface area contributed by atoms with Crippen molar-refractivity contribution in [3.8, 4) is 11.5 Å². The topological polar surface area (TPSA) is 18.5 Å². The summed E-state index contributed by atoms with van der Waals surface area (Å²) in [5, 5.41) is 2.24. The molecule has 2 nitrogen and oxygen atoms in total.